The van der Waals surface area contributed by atoms with Crippen LogP contribution in [0.15, 0.2) is 102 Å². The van der Waals surface area contributed by atoms with Gasteiger partial charge in [0.25, 0.3) is 0 Å². The molecule has 1 nitrogen and oxygen atoms in total. The zero-order valence-electron chi connectivity index (χ0n) is 13.1. The number of anilines is 3. The van der Waals surface area contributed by atoms with Crippen LogP contribution in [0.2, 0.25) is 0 Å². The van der Waals surface area contributed by atoms with Crippen LogP contribution in [0.1, 0.15) is 0 Å². The Morgan fingerprint density at radius 1 is 0.542 bits per heavy atom. The van der Waals surface area contributed by atoms with E-state index in [0.717, 1.165) is 21.5 Å². The van der Waals surface area contributed by atoms with Crippen molar-refractivity contribution in [3.8, 4) is 0 Å². The molecule has 4 rings (SSSR count). The fraction of sp³-hybridized carbons (Fsp3) is 0. The molecule has 0 aliphatic heterocycles. The van der Waals surface area contributed by atoms with Crippen molar-refractivity contribution < 1.29 is 0 Å². The van der Waals surface area contributed by atoms with E-state index in [1.165, 1.54) is 10.8 Å². The number of halogens is 1. The zero-order chi connectivity index (χ0) is 16.4. The smallest absolute Gasteiger partial charge is 0.0468 e. The number of fused-ring (bicyclic) bond motifs is 1. The second-order valence-corrected chi connectivity index (χ2v) is 6.51. The topological polar surface area (TPSA) is 3.24 Å². The van der Waals surface area contributed by atoms with Crippen molar-refractivity contribution in [1.29, 1.82) is 0 Å². The Morgan fingerprint density at radius 2 is 1.17 bits per heavy atom. The molecule has 0 fully saturated rings. The van der Waals surface area contributed by atoms with Crippen LogP contribution in [0.25, 0.3) is 10.8 Å². The lowest BCUT2D eigenvalue weighted by Gasteiger charge is -2.25. The van der Waals surface area contributed by atoms with Crippen LogP contribution in [0, 0.1) is 0 Å². The van der Waals surface area contributed by atoms with E-state index in [1.807, 2.05) is 12.1 Å². The summed E-state index contributed by atoms with van der Waals surface area (Å²) in [6, 6.07) is 33.8. The van der Waals surface area contributed by atoms with Crippen LogP contribution < -0.4 is 4.90 Å². The maximum atomic E-state index is 3.67. The summed E-state index contributed by atoms with van der Waals surface area (Å²) in [6.45, 7) is 0. The molecule has 0 amide bonds. The van der Waals surface area contributed by atoms with Gasteiger partial charge in [-0.05, 0) is 53.2 Å². The molecule has 0 heterocycles. The van der Waals surface area contributed by atoms with E-state index >= 15 is 0 Å². The predicted molar refractivity (Wildman–Crippen MR) is 106 cm³/mol. The highest BCUT2D eigenvalue weighted by molar-refractivity contribution is 9.10. The first kappa shape index (κ1) is 15.0. The summed E-state index contributed by atoms with van der Waals surface area (Å²) in [6.07, 6.45) is 0. The third kappa shape index (κ3) is 2.81. The summed E-state index contributed by atoms with van der Waals surface area (Å²) in [7, 11) is 0. The van der Waals surface area contributed by atoms with E-state index in [4.69, 9.17) is 0 Å². The number of para-hydroxylation sites is 2. The minimum atomic E-state index is 1.11. The molecular weight excluding hydrogens is 358 g/mol. The first-order valence-corrected chi connectivity index (χ1v) is 8.71. The Morgan fingerprint density at radius 3 is 1.79 bits per heavy atom. The van der Waals surface area contributed by atoms with Crippen molar-refractivity contribution >= 4 is 43.8 Å². The summed E-state index contributed by atoms with van der Waals surface area (Å²) in [5.41, 5.74) is 3.44. The molecule has 4 aromatic rings. The number of rotatable bonds is 3. The summed E-state index contributed by atoms with van der Waals surface area (Å²) in [5, 5.41) is 2.45. The van der Waals surface area contributed by atoms with Crippen LogP contribution in [-0.4, -0.2) is 0 Å². The largest absolute Gasteiger partial charge is 0.310 e. The first-order chi connectivity index (χ1) is 11.8. The average Bonchev–Trinajstić information content (AvgIpc) is 2.64. The van der Waals surface area contributed by atoms with Gasteiger partial charge in [0.2, 0.25) is 0 Å². The maximum Gasteiger partial charge on any atom is 0.0468 e. The SMILES string of the molecule is Brc1cccc2ccc(N(c3ccccc3)c3ccccc3)cc12. The van der Waals surface area contributed by atoms with Crippen molar-refractivity contribution in [2.45, 2.75) is 0 Å². The van der Waals surface area contributed by atoms with Crippen molar-refractivity contribution in [3.63, 3.8) is 0 Å². The van der Waals surface area contributed by atoms with Crippen molar-refractivity contribution in [1.82, 2.24) is 0 Å². The van der Waals surface area contributed by atoms with Gasteiger partial charge in [-0.15, -0.1) is 0 Å². The van der Waals surface area contributed by atoms with Crippen molar-refractivity contribution in [3.05, 3.63) is 102 Å². The summed E-state index contributed by atoms with van der Waals surface area (Å²) >= 11 is 3.67. The zero-order valence-corrected chi connectivity index (χ0v) is 14.6. The van der Waals surface area contributed by atoms with Crippen LogP contribution in [0.5, 0.6) is 0 Å². The summed E-state index contributed by atoms with van der Waals surface area (Å²) in [4.78, 5) is 2.28. The molecule has 24 heavy (non-hydrogen) atoms. The lowest BCUT2D eigenvalue weighted by Crippen LogP contribution is -2.09. The fourth-order valence-electron chi connectivity index (χ4n) is 2.96. The monoisotopic (exact) mass is 373 g/mol. The normalized spacial score (nSPS) is 10.7. The lowest BCUT2D eigenvalue weighted by molar-refractivity contribution is 1.29. The van der Waals surface area contributed by atoms with Crippen LogP contribution in [0.3, 0.4) is 0 Å². The second kappa shape index (κ2) is 6.50. The van der Waals surface area contributed by atoms with Gasteiger partial charge in [0.05, 0.1) is 0 Å². The highest BCUT2D eigenvalue weighted by Gasteiger charge is 2.12. The predicted octanol–water partition coefficient (Wildman–Crippen LogP) is 7.07. The molecule has 0 saturated heterocycles. The van der Waals surface area contributed by atoms with Gasteiger partial charge >= 0.3 is 0 Å². The molecule has 0 aliphatic rings. The van der Waals surface area contributed by atoms with Gasteiger partial charge in [-0.2, -0.15) is 0 Å². The van der Waals surface area contributed by atoms with E-state index in [-0.39, 0.29) is 0 Å². The van der Waals surface area contributed by atoms with Gasteiger partial charge in [-0.1, -0.05) is 70.5 Å². The standard InChI is InChI=1S/C22H16BrN/c23-22-13-7-8-17-14-15-20(16-21(17)22)24(18-9-3-1-4-10-18)19-11-5-2-6-12-19/h1-16H. The molecule has 0 aliphatic carbocycles. The number of hydrogen-bond acceptors (Lipinski definition) is 1. The van der Waals surface area contributed by atoms with Gasteiger partial charge in [-0.25, -0.2) is 0 Å². The Bertz CT molecular complexity index is 925. The third-order valence-corrected chi connectivity index (χ3v) is 4.79. The fourth-order valence-corrected chi connectivity index (χ4v) is 3.46. The molecule has 116 valence electrons. The van der Waals surface area contributed by atoms with Gasteiger partial charge in [0.1, 0.15) is 0 Å². The van der Waals surface area contributed by atoms with E-state index in [0.29, 0.717) is 0 Å². The van der Waals surface area contributed by atoms with Gasteiger partial charge < -0.3 is 4.90 Å². The molecule has 0 unspecified atom stereocenters. The first-order valence-electron chi connectivity index (χ1n) is 7.91. The second-order valence-electron chi connectivity index (χ2n) is 5.65. The lowest BCUT2D eigenvalue weighted by atomic mass is 10.1. The molecular formula is C22H16BrN. The summed E-state index contributed by atoms with van der Waals surface area (Å²) in [5.74, 6) is 0. The third-order valence-electron chi connectivity index (χ3n) is 4.10. The van der Waals surface area contributed by atoms with Gasteiger partial charge in [-0.3, -0.25) is 0 Å². The number of nitrogens with zero attached hydrogens (tertiary/aromatic N) is 1. The number of benzene rings is 4. The molecule has 0 atom stereocenters. The molecule has 4 aromatic carbocycles. The van der Waals surface area contributed by atoms with E-state index in [1.54, 1.807) is 0 Å². The van der Waals surface area contributed by atoms with Crippen molar-refractivity contribution in [2.24, 2.45) is 0 Å². The Labute approximate surface area is 150 Å². The van der Waals surface area contributed by atoms with Crippen LogP contribution in [-0.2, 0) is 0 Å². The molecule has 2 heteroatoms. The minimum Gasteiger partial charge on any atom is -0.310 e. The molecule has 0 radical (unpaired) electrons. The highest BCUT2D eigenvalue weighted by Crippen LogP contribution is 2.36. The van der Waals surface area contributed by atoms with E-state index in [9.17, 15) is 0 Å². The maximum absolute atomic E-state index is 3.67. The quantitative estimate of drug-likeness (QED) is 0.371. The minimum absolute atomic E-state index is 1.11. The van der Waals surface area contributed by atoms with E-state index < -0.39 is 0 Å². The molecule has 0 spiro atoms. The average molecular weight is 374 g/mol. The molecule has 0 bridgehead atoms. The number of hydrogen-bond donors (Lipinski definition) is 0. The van der Waals surface area contributed by atoms with Crippen LogP contribution >= 0.6 is 15.9 Å². The van der Waals surface area contributed by atoms with Crippen LogP contribution in [0.4, 0.5) is 17.1 Å². The van der Waals surface area contributed by atoms with Gasteiger partial charge in [0, 0.05) is 21.5 Å². The molecule has 0 saturated carbocycles. The van der Waals surface area contributed by atoms with Gasteiger partial charge in [0.15, 0.2) is 0 Å². The van der Waals surface area contributed by atoms with E-state index in [2.05, 4.69) is 106 Å². The summed E-state index contributed by atoms with van der Waals surface area (Å²) < 4.78 is 1.11. The van der Waals surface area contributed by atoms with Crippen molar-refractivity contribution in [2.75, 3.05) is 4.90 Å². The molecule has 0 aromatic heterocycles. The Balaban J connectivity index is 1.92. The Hall–Kier alpha value is -2.58. The Kier molecular flexibility index (Phi) is 4.06. The molecule has 0 N–H and O–H groups in total. The highest BCUT2D eigenvalue weighted by atomic mass is 79.9.